The molecule has 2 aromatic carbocycles. The molecule has 0 fully saturated rings. The molecule has 2 amide bonds. The predicted octanol–water partition coefficient (Wildman–Crippen LogP) is 4.72. The van der Waals surface area contributed by atoms with E-state index in [2.05, 4.69) is 15.8 Å². The van der Waals surface area contributed by atoms with Gasteiger partial charge < -0.3 is 19.2 Å². The lowest BCUT2D eigenvalue weighted by atomic mass is 9.93. The summed E-state index contributed by atoms with van der Waals surface area (Å²) in [7, 11) is 1.51. The molecule has 1 heterocycles. The first kappa shape index (κ1) is 23.1. The molecular formula is C26H27N3O5. The molecule has 0 radical (unpaired) electrons. The third-order valence-corrected chi connectivity index (χ3v) is 5.61. The summed E-state index contributed by atoms with van der Waals surface area (Å²) in [4.78, 5) is 25.7. The summed E-state index contributed by atoms with van der Waals surface area (Å²) >= 11 is 0. The number of carbonyl (C=O) groups is 2. The minimum absolute atomic E-state index is 0.224. The van der Waals surface area contributed by atoms with Gasteiger partial charge in [-0.05, 0) is 51.0 Å². The Hall–Kier alpha value is -4.07. The number of hydrogen-bond donors (Lipinski definition) is 2. The van der Waals surface area contributed by atoms with Crippen LogP contribution in [0, 0.1) is 6.92 Å². The van der Waals surface area contributed by atoms with Crippen LogP contribution in [0.3, 0.4) is 0 Å². The lowest BCUT2D eigenvalue weighted by molar-refractivity contribution is 0.0950. The number of para-hydroxylation sites is 3. The number of amides is 2. The summed E-state index contributed by atoms with van der Waals surface area (Å²) in [5.74, 6) is 1.24. The second-order valence-electron chi connectivity index (χ2n) is 7.79. The maximum atomic E-state index is 13.1. The third kappa shape index (κ3) is 4.66. The summed E-state index contributed by atoms with van der Waals surface area (Å²) in [6, 6.07) is 14.2. The number of ether oxygens (including phenoxy) is 2. The fourth-order valence-electron chi connectivity index (χ4n) is 4.04. The molecule has 1 aliphatic carbocycles. The molecule has 0 spiro atoms. The molecule has 2 N–H and O–H groups in total. The zero-order chi connectivity index (χ0) is 24.1. The minimum Gasteiger partial charge on any atom is -0.496 e. The topological polar surface area (TPSA) is 102 Å². The van der Waals surface area contributed by atoms with Crippen LogP contribution >= 0.6 is 0 Å². The maximum absolute atomic E-state index is 13.1. The van der Waals surface area contributed by atoms with E-state index in [1.807, 2.05) is 26.0 Å². The van der Waals surface area contributed by atoms with E-state index in [0.29, 0.717) is 59.2 Å². The van der Waals surface area contributed by atoms with Crippen molar-refractivity contribution < 1.29 is 23.5 Å². The van der Waals surface area contributed by atoms with E-state index in [-0.39, 0.29) is 17.6 Å². The molecule has 8 nitrogen and oxygen atoms in total. The van der Waals surface area contributed by atoms with Crippen molar-refractivity contribution in [3.05, 3.63) is 76.7 Å². The van der Waals surface area contributed by atoms with Crippen molar-refractivity contribution in [1.82, 2.24) is 5.43 Å². The SMILES string of the molecule is CCOc1ccccc1NC(=O)c1oc2c(c1C)/C(=N/NC(=O)c1ccccc1OC)CCC2. The smallest absolute Gasteiger partial charge is 0.291 e. The number of nitrogens with zero attached hydrogens (tertiary/aromatic N) is 1. The van der Waals surface area contributed by atoms with Gasteiger partial charge in [0.05, 0.1) is 30.7 Å². The van der Waals surface area contributed by atoms with E-state index in [1.165, 1.54) is 7.11 Å². The van der Waals surface area contributed by atoms with E-state index in [4.69, 9.17) is 13.9 Å². The van der Waals surface area contributed by atoms with Gasteiger partial charge in [0, 0.05) is 17.5 Å². The van der Waals surface area contributed by atoms with E-state index in [9.17, 15) is 9.59 Å². The maximum Gasteiger partial charge on any atom is 0.291 e. The number of anilines is 1. The molecule has 1 aromatic heterocycles. The number of aryl methyl sites for hydroxylation is 1. The molecule has 176 valence electrons. The fraction of sp³-hybridized carbons (Fsp3) is 0.269. The minimum atomic E-state index is -0.372. The Kier molecular flexibility index (Phi) is 6.96. The summed E-state index contributed by atoms with van der Waals surface area (Å²) in [6.45, 7) is 4.20. The molecule has 8 heteroatoms. The largest absolute Gasteiger partial charge is 0.496 e. The molecule has 0 unspecified atom stereocenters. The van der Waals surface area contributed by atoms with Gasteiger partial charge in [0.25, 0.3) is 11.8 Å². The van der Waals surface area contributed by atoms with E-state index in [1.54, 1.807) is 36.4 Å². The van der Waals surface area contributed by atoms with Gasteiger partial charge in [-0.25, -0.2) is 5.43 Å². The lowest BCUT2D eigenvalue weighted by Gasteiger charge is -2.14. The quantitative estimate of drug-likeness (QED) is 0.496. The van der Waals surface area contributed by atoms with Gasteiger partial charge in [0.15, 0.2) is 5.76 Å². The Labute approximate surface area is 197 Å². The van der Waals surface area contributed by atoms with Crippen molar-refractivity contribution in [1.29, 1.82) is 0 Å². The van der Waals surface area contributed by atoms with Crippen LogP contribution < -0.4 is 20.2 Å². The Balaban J connectivity index is 1.57. The fourth-order valence-corrected chi connectivity index (χ4v) is 4.04. The van der Waals surface area contributed by atoms with Crippen molar-refractivity contribution >= 4 is 23.2 Å². The third-order valence-electron chi connectivity index (χ3n) is 5.61. The van der Waals surface area contributed by atoms with Gasteiger partial charge in [0.2, 0.25) is 0 Å². The summed E-state index contributed by atoms with van der Waals surface area (Å²) in [5, 5.41) is 7.26. The number of methoxy groups -OCH3 is 1. The van der Waals surface area contributed by atoms with Crippen molar-refractivity contribution in [2.24, 2.45) is 5.10 Å². The van der Waals surface area contributed by atoms with Crippen molar-refractivity contribution in [2.45, 2.75) is 33.1 Å². The highest BCUT2D eigenvalue weighted by molar-refractivity contribution is 6.10. The van der Waals surface area contributed by atoms with Crippen LogP contribution in [0.2, 0.25) is 0 Å². The van der Waals surface area contributed by atoms with Gasteiger partial charge in [-0.3, -0.25) is 9.59 Å². The number of hydrogen-bond acceptors (Lipinski definition) is 6. The van der Waals surface area contributed by atoms with Gasteiger partial charge >= 0.3 is 0 Å². The highest BCUT2D eigenvalue weighted by Gasteiger charge is 2.28. The van der Waals surface area contributed by atoms with Crippen LogP contribution in [0.25, 0.3) is 0 Å². The number of benzene rings is 2. The first-order valence-corrected chi connectivity index (χ1v) is 11.2. The Bertz CT molecular complexity index is 1240. The van der Waals surface area contributed by atoms with Crippen LogP contribution in [0.5, 0.6) is 11.5 Å². The first-order valence-electron chi connectivity index (χ1n) is 11.2. The second kappa shape index (κ2) is 10.2. The van der Waals surface area contributed by atoms with E-state index >= 15 is 0 Å². The Morgan fingerprint density at radius 1 is 1.03 bits per heavy atom. The zero-order valence-electron chi connectivity index (χ0n) is 19.4. The first-order chi connectivity index (χ1) is 16.5. The number of hydrazone groups is 1. The molecule has 1 aliphatic rings. The van der Waals surface area contributed by atoms with Crippen molar-refractivity contribution in [2.75, 3.05) is 19.0 Å². The molecular weight excluding hydrogens is 434 g/mol. The standard InChI is InChI=1S/C26H27N3O5/c1-4-33-21-14-8-6-11-18(21)27-26(31)24-16(2)23-19(12-9-15-22(23)34-24)28-29-25(30)17-10-5-7-13-20(17)32-3/h5-8,10-11,13-14H,4,9,12,15H2,1-3H3,(H,27,31)(H,29,30)/b28-19+. The number of nitrogens with one attached hydrogen (secondary N) is 2. The van der Waals surface area contributed by atoms with E-state index in [0.717, 1.165) is 12.0 Å². The van der Waals surface area contributed by atoms with Crippen molar-refractivity contribution in [3.63, 3.8) is 0 Å². The molecule has 4 rings (SSSR count). The van der Waals surface area contributed by atoms with Gasteiger partial charge in [-0.1, -0.05) is 24.3 Å². The van der Waals surface area contributed by atoms with Crippen LogP contribution in [0.1, 0.15) is 57.6 Å². The molecule has 0 saturated heterocycles. The predicted molar refractivity (Wildman–Crippen MR) is 129 cm³/mol. The van der Waals surface area contributed by atoms with Crippen LogP contribution in [-0.2, 0) is 6.42 Å². The number of rotatable bonds is 7. The second-order valence-corrected chi connectivity index (χ2v) is 7.79. The van der Waals surface area contributed by atoms with Gasteiger partial charge in [-0.2, -0.15) is 5.10 Å². The highest BCUT2D eigenvalue weighted by atomic mass is 16.5. The molecule has 0 aliphatic heterocycles. The Morgan fingerprint density at radius 3 is 2.53 bits per heavy atom. The average Bonchev–Trinajstić information content (AvgIpc) is 3.21. The summed E-state index contributed by atoms with van der Waals surface area (Å²) in [6.07, 6.45) is 2.16. The normalized spacial score (nSPS) is 13.8. The van der Waals surface area contributed by atoms with Crippen LogP contribution in [-0.4, -0.2) is 31.2 Å². The molecule has 34 heavy (non-hydrogen) atoms. The summed E-state index contributed by atoms with van der Waals surface area (Å²) in [5.41, 5.74) is 5.72. The number of furan rings is 1. The van der Waals surface area contributed by atoms with Crippen LogP contribution in [0.15, 0.2) is 58.0 Å². The number of carbonyl (C=O) groups excluding carboxylic acids is 2. The Morgan fingerprint density at radius 2 is 1.76 bits per heavy atom. The molecule has 0 atom stereocenters. The van der Waals surface area contributed by atoms with Gasteiger partial charge in [0.1, 0.15) is 17.3 Å². The lowest BCUT2D eigenvalue weighted by Crippen LogP contribution is -2.22. The van der Waals surface area contributed by atoms with E-state index < -0.39 is 0 Å². The highest BCUT2D eigenvalue weighted by Crippen LogP contribution is 2.31. The average molecular weight is 462 g/mol. The monoisotopic (exact) mass is 461 g/mol. The molecule has 0 saturated carbocycles. The summed E-state index contributed by atoms with van der Waals surface area (Å²) < 4.78 is 16.8. The zero-order valence-corrected chi connectivity index (χ0v) is 19.4. The molecule has 0 bridgehead atoms. The van der Waals surface area contributed by atoms with Crippen molar-refractivity contribution in [3.8, 4) is 11.5 Å². The molecule has 3 aromatic rings. The number of fused-ring (bicyclic) bond motifs is 1. The van der Waals surface area contributed by atoms with Crippen LogP contribution in [0.4, 0.5) is 5.69 Å². The van der Waals surface area contributed by atoms with Gasteiger partial charge in [-0.15, -0.1) is 0 Å².